The standard InChI is InChI=1S/C17H13BrFN3O2/c18-11-6-7-14(13(19)10-11)20-17(24)15-8-9-16(23)22(21-15)12-4-2-1-3-5-12/h1-7,10H,8-9H2,(H,20,24). The molecule has 1 heterocycles. The van der Waals surface area contributed by atoms with Crippen molar-refractivity contribution in [2.24, 2.45) is 5.10 Å². The van der Waals surface area contributed by atoms with Gasteiger partial charge in [-0.3, -0.25) is 9.59 Å². The van der Waals surface area contributed by atoms with E-state index in [0.717, 1.165) is 0 Å². The summed E-state index contributed by atoms with van der Waals surface area (Å²) >= 11 is 3.16. The van der Waals surface area contributed by atoms with E-state index < -0.39 is 11.7 Å². The fourth-order valence-electron chi connectivity index (χ4n) is 2.27. The Morgan fingerprint density at radius 1 is 1.17 bits per heavy atom. The van der Waals surface area contributed by atoms with Gasteiger partial charge in [0.05, 0.1) is 11.4 Å². The van der Waals surface area contributed by atoms with E-state index in [1.807, 2.05) is 6.07 Å². The fourth-order valence-corrected chi connectivity index (χ4v) is 2.61. The molecule has 0 unspecified atom stereocenters. The summed E-state index contributed by atoms with van der Waals surface area (Å²) < 4.78 is 14.4. The number of amides is 2. The Balaban J connectivity index is 1.82. The molecular weight excluding hydrogens is 377 g/mol. The molecule has 0 saturated carbocycles. The van der Waals surface area contributed by atoms with Crippen molar-refractivity contribution in [3.63, 3.8) is 0 Å². The molecule has 1 aliphatic heterocycles. The number of halogens is 2. The van der Waals surface area contributed by atoms with Crippen LogP contribution >= 0.6 is 15.9 Å². The van der Waals surface area contributed by atoms with Gasteiger partial charge in [-0.2, -0.15) is 5.10 Å². The van der Waals surface area contributed by atoms with Gasteiger partial charge >= 0.3 is 0 Å². The lowest BCUT2D eigenvalue weighted by molar-refractivity contribution is -0.118. The van der Waals surface area contributed by atoms with Gasteiger partial charge in [0.15, 0.2) is 0 Å². The largest absolute Gasteiger partial charge is 0.318 e. The molecule has 7 heteroatoms. The minimum absolute atomic E-state index is 0.0639. The Morgan fingerprint density at radius 3 is 2.62 bits per heavy atom. The number of rotatable bonds is 3. The fraction of sp³-hybridized carbons (Fsp3) is 0.118. The van der Waals surface area contributed by atoms with Gasteiger partial charge in [-0.25, -0.2) is 9.40 Å². The van der Waals surface area contributed by atoms with Gasteiger partial charge in [-0.1, -0.05) is 34.1 Å². The zero-order valence-electron chi connectivity index (χ0n) is 12.5. The predicted octanol–water partition coefficient (Wildman–Crippen LogP) is 3.71. The molecule has 0 aliphatic carbocycles. The van der Waals surface area contributed by atoms with Crippen LogP contribution in [-0.4, -0.2) is 17.5 Å². The van der Waals surface area contributed by atoms with E-state index in [2.05, 4.69) is 26.3 Å². The minimum atomic E-state index is -0.551. The molecule has 5 nitrogen and oxygen atoms in total. The number of carbonyl (C=O) groups excluding carboxylic acids is 2. The molecule has 3 rings (SSSR count). The molecule has 0 atom stereocenters. The third-order valence-corrected chi connectivity index (χ3v) is 3.97. The number of hydrogen-bond donors (Lipinski definition) is 1. The van der Waals surface area contributed by atoms with Crippen LogP contribution in [0.1, 0.15) is 12.8 Å². The number of nitrogens with zero attached hydrogens (tertiary/aromatic N) is 2. The Bertz CT molecular complexity index is 824. The van der Waals surface area contributed by atoms with Gasteiger partial charge in [0.1, 0.15) is 11.5 Å². The third kappa shape index (κ3) is 3.51. The maximum atomic E-state index is 13.8. The lowest BCUT2D eigenvalue weighted by atomic mass is 10.1. The number of hydrazone groups is 1. The van der Waals surface area contributed by atoms with Crippen molar-refractivity contribution in [2.45, 2.75) is 12.8 Å². The van der Waals surface area contributed by atoms with Gasteiger partial charge in [0, 0.05) is 17.3 Å². The zero-order valence-corrected chi connectivity index (χ0v) is 14.1. The summed E-state index contributed by atoms with van der Waals surface area (Å²) in [5.74, 6) is -1.26. The van der Waals surface area contributed by atoms with Gasteiger partial charge < -0.3 is 5.32 Å². The molecule has 0 spiro atoms. The van der Waals surface area contributed by atoms with Crippen LogP contribution in [0.2, 0.25) is 0 Å². The second-order valence-electron chi connectivity index (χ2n) is 5.17. The Morgan fingerprint density at radius 2 is 1.92 bits per heavy atom. The molecule has 1 aliphatic rings. The normalized spacial score (nSPS) is 14.3. The van der Waals surface area contributed by atoms with Crippen LogP contribution < -0.4 is 10.3 Å². The van der Waals surface area contributed by atoms with Gasteiger partial charge in [-0.15, -0.1) is 0 Å². The first-order chi connectivity index (χ1) is 11.5. The Kier molecular flexibility index (Phi) is 4.71. The maximum Gasteiger partial charge on any atom is 0.271 e. The number of nitrogens with one attached hydrogen (secondary N) is 1. The molecule has 1 N–H and O–H groups in total. The first kappa shape index (κ1) is 16.3. The second-order valence-corrected chi connectivity index (χ2v) is 6.08. The third-order valence-electron chi connectivity index (χ3n) is 3.47. The average Bonchev–Trinajstić information content (AvgIpc) is 2.58. The summed E-state index contributed by atoms with van der Waals surface area (Å²) in [6.45, 7) is 0. The van der Waals surface area contributed by atoms with Crippen LogP contribution in [0.25, 0.3) is 0 Å². The summed E-state index contributed by atoms with van der Waals surface area (Å²) in [5.41, 5.74) is 0.831. The van der Waals surface area contributed by atoms with E-state index in [1.54, 1.807) is 30.3 Å². The number of hydrogen-bond acceptors (Lipinski definition) is 3. The van der Waals surface area contributed by atoms with Gasteiger partial charge in [0.2, 0.25) is 5.91 Å². The highest BCUT2D eigenvalue weighted by Gasteiger charge is 2.25. The molecule has 2 amide bonds. The zero-order chi connectivity index (χ0) is 17.1. The molecule has 122 valence electrons. The second kappa shape index (κ2) is 6.92. The summed E-state index contributed by atoms with van der Waals surface area (Å²) in [4.78, 5) is 24.4. The minimum Gasteiger partial charge on any atom is -0.318 e. The predicted molar refractivity (Wildman–Crippen MR) is 93.3 cm³/mol. The van der Waals surface area contributed by atoms with Crippen LogP contribution in [-0.2, 0) is 9.59 Å². The molecule has 24 heavy (non-hydrogen) atoms. The van der Waals surface area contributed by atoms with Crippen LogP contribution in [0.3, 0.4) is 0 Å². The average molecular weight is 390 g/mol. The van der Waals surface area contributed by atoms with E-state index in [-0.39, 0.29) is 30.1 Å². The highest BCUT2D eigenvalue weighted by atomic mass is 79.9. The van der Waals surface area contributed by atoms with Crippen molar-refractivity contribution >= 4 is 44.8 Å². The highest BCUT2D eigenvalue weighted by molar-refractivity contribution is 9.10. The monoisotopic (exact) mass is 389 g/mol. The van der Waals surface area contributed by atoms with Crippen molar-refractivity contribution in [2.75, 3.05) is 10.3 Å². The van der Waals surface area contributed by atoms with Crippen LogP contribution in [0.4, 0.5) is 15.8 Å². The molecule has 0 saturated heterocycles. The molecule has 0 aromatic heterocycles. The molecule has 0 bridgehead atoms. The Labute approximate surface area is 146 Å². The SMILES string of the molecule is O=C(Nc1ccc(Br)cc1F)C1=NN(c2ccccc2)C(=O)CC1. The number of anilines is 2. The highest BCUT2D eigenvalue weighted by Crippen LogP contribution is 2.22. The van der Waals surface area contributed by atoms with Crippen molar-refractivity contribution in [1.82, 2.24) is 0 Å². The van der Waals surface area contributed by atoms with E-state index in [9.17, 15) is 14.0 Å². The maximum absolute atomic E-state index is 13.8. The Hall–Kier alpha value is -2.54. The van der Waals surface area contributed by atoms with E-state index in [0.29, 0.717) is 10.2 Å². The summed E-state index contributed by atoms with van der Waals surface area (Å²) in [5, 5.41) is 7.83. The van der Waals surface area contributed by atoms with Crippen LogP contribution in [0.15, 0.2) is 58.1 Å². The van der Waals surface area contributed by atoms with Crippen molar-refractivity contribution < 1.29 is 14.0 Å². The number of benzene rings is 2. The van der Waals surface area contributed by atoms with Crippen LogP contribution in [0, 0.1) is 5.82 Å². The van der Waals surface area contributed by atoms with Gasteiger partial charge in [0.25, 0.3) is 5.91 Å². The van der Waals surface area contributed by atoms with E-state index in [4.69, 9.17) is 0 Å². The van der Waals surface area contributed by atoms with E-state index in [1.165, 1.54) is 17.1 Å². The first-order valence-corrected chi connectivity index (χ1v) is 8.06. The lowest BCUT2D eigenvalue weighted by Gasteiger charge is -2.23. The smallest absolute Gasteiger partial charge is 0.271 e. The number of para-hydroxylation sites is 1. The molecule has 0 fully saturated rings. The van der Waals surface area contributed by atoms with E-state index >= 15 is 0 Å². The molecule has 2 aromatic rings. The van der Waals surface area contributed by atoms with Crippen molar-refractivity contribution in [3.8, 4) is 0 Å². The molecule has 0 radical (unpaired) electrons. The van der Waals surface area contributed by atoms with Crippen LogP contribution in [0.5, 0.6) is 0 Å². The summed E-state index contributed by atoms with van der Waals surface area (Å²) in [6.07, 6.45) is 0.385. The topological polar surface area (TPSA) is 61.8 Å². The van der Waals surface area contributed by atoms with Gasteiger partial charge in [-0.05, 0) is 30.3 Å². The summed E-state index contributed by atoms with van der Waals surface area (Å²) in [7, 11) is 0. The lowest BCUT2D eigenvalue weighted by Crippen LogP contribution is -2.36. The molecular formula is C17H13BrFN3O2. The quantitative estimate of drug-likeness (QED) is 0.869. The first-order valence-electron chi connectivity index (χ1n) is 7.26. The summed E-state index contributed by atoms with van der Waals surface area (Å²) in [6, 6.07) is 13.2. The van der Waals surface area contributed by atoms with Crippen molar-refractivity contribution in [3.05, 3.63) is 58.8 Å². The number of carbonyl (C=O) groups is 2. The molecule has 2 aromatic carbocycles. The van der Waals surface area contributed by atoms with Crippen molar-refractivity contribution in [1.29, 1.82) is 0 Å².